The summed E-state index contributed by atoms with van der Waals surface area (Å²) in [6.45, 7) is 3.99. The average molecular weight is 170 g/mol. The number of rotatable bonds is 2. The van der Waals surface area contributed by atoms with Crippen molar-refractivity contribution in [2.24, 2.45) is 11.8 Å². The Balaban J connectivity index is 2.18. The van der Waals surface area contributed by atoms with Gasteiger partial charge in [-0.15, -0.1) is 0 Å². The quantitative estimate of drug-likeness (QED) is 0.591. The van der Waals surface area contributed by atoms with E-state index in [1.807, 2.05) is 13.8 Å². The molecule has 0 aromatic rings. The van der Waals surface area contributed by atoms with E-state index in [2.05, 4.69) is 4.89 Å². The molecular weight excluding hydrogens is 156 g/mol. The van der Waals surface area contributed by atoms with Crippen molar-refractivity contribution in [2.45, 2.75) is 38.7 Å². The summed E-state index contributed by atoms with van der Waals surface area (Å²) in [5.74, 6) is 0.297. The second-order valence-electron chi connectivity index (χ2n) is 3.90. The summed E-state index contributed by atoms with van der Waals surface area (Å²) in [6.07, 6.45) is 3.15. The molecule has 12 heavy (non-hydrogen) atoms. The molecule has 2 aliphatic rings. The van der Waals surface area contributed by atoms with Gasteiger partial charge in [0.25, 0.3) is 0 Å². The van der Waals surface area contributed by atoms with Crippen molar-refractivity contribution in [3.05, 3.63) is 0 Å². The minimum atomic E-state index is -0.328. The van der Waals surface area contributed by atoms with E-state index >= 15 is 0 Å². The maximum atomic E-state index is 11.2. The van der Waals surface area contributed by atoms with Gasteiger partial charge in [0, 0.05) is 0 Å². The summed E-state index contributed by atoms with van der Waals surface area (Å²) in [4.78, 5) is 21.0. The predicted molar refractivity (Wildman–Crippen MR) is 42.1 cm³/mol. The van der Waals surface area contributed by atoms with Crippen LogP contribution in [0.25, 0.3) is 0 Å². The lowest BCUT2D eigenvalue weighted by molar-refractivity contribution is -0.296. The van der Waals surface area contributed by atoms with Gasteiger partial charge in [0.2, 0.25) is 0 Å². The topological polar surface area (TPSA) is 35.5 Å². The lowest BCUT2D eigenvalue weighted by atomic mass is 9.84. The molecule has 3 heteroatoms. The molecule has 0 N–H and O–H groups in total. The zero-order valence-electron chi connectivity index (χ0n) is 7.50. The van der Waals surface area contributed by atoms with Gasteiger partial charge in [0.05, 0.1) is 5.92 Å². The number of carbonyl (C=O) groups excluding carboxylic acids is 1. The van der Waals surface area contributed by atoms with Crippen LogP contribution in [0.4, 0.5) is 0 Å². The Labute approximate surface area is 72.0 Å². The largest absolute Gasteiger partial charge is 0.348 e. The Hall–Kier alpha value is -0.570. The lowest BCUT2D eigenvalue weighted by Gasteiger charge is -2.23. The summed E-state index contributed by atoms with van der Waals surface area (Å²) >= 11 is 0. The molecule has 1 saturated heterocycles. The van der Waals surface area contributed by atoms with Crippen LogP contribution in [0.15, 0.2) is 0 Å². The van der Waals surface area contributed by atoms with Crippen LogP contribution in [0.5, 0.6) is 0 Å². The van der Waals surface area contributed by atoms with E-state index in [4.69, 9.17) is 4.89 Å². The zero-order chi connectivity index (χ0) is 8.77. The summed E-state index contributed by atoms with van der Waals surface area (Å²) in [7, 11) is 0. The van der Waals surface area contributed by atoms with E-state index in [-0.39, 0.29) is 17.5 Å². The van der Waals surface area contributed by atoms with Crippen molar-refractivity contribution in [1.82, 2.24) is 0 Å². The molecule has 2 fully saturated rings. The summed E-state index contributed by atoms with van der Waals surface area (Å²) in [6, 6.07) is 0. The summed E-state index contributed by atoms with van der Waals surface area (Å²) in [5.41, 5.74) is -0.328. The summed E-state index contributed by atoms with van der Waals surface area (Å²) in [5, 5.41) is 0. The maximum Gasteiger partial charge on any atom is 0.348 e. The zero-order valence-corrected chi connectivity index (χ0v) is 7.50. The van der Waals surface area contributed by atoms with E-state index in [1.54, 1.807) is 0 Å². The van der Waals surface area contributed by atoms with E-state index < -0.39 is 0 Å². The van der Waals surface area contributed by atoms with Gasteiger partial charge in [0.15, 0.2) is 0 Å². The van der Waals surface area contributed by atoms with E-state index in [1.165, 1.54) is 12.8 Å². The highest BCUT2D eigenvalue weighted by Crippen LogP contribution is 2.49. The van der Waals surface area contributed by atoms with Gasteiger partial charge in [-0.2, -0.15) is 4.89 Å². The Morgan fingerprint density at radius 1 is 1.58 bits per heavy atom. The lowest BCUT2D eigenvalue weighted by Crippen LogP contribution is -2.35. The third kappa shape index (κ3) is 0.959. The van der Waals surface area contributed by atoms with Crippen LogP contribution in [-0.4, -0.2) is 11.6 Å². The minimum absolute atomic E-state index is 0.0509. The third-order valence-corrected chi connectivity index (χ3v) is 3.08. The first-order chi connectivity index (χ1) is 5.68. The van der Waals surface area contributed by atoms with Crippen LogP contribution in [-0.2, 0) is 14.6 Å². The van der Waals surface area contributed by atoms with Gasteiger partial charge < -0.3 is 0 Å². The number of hydrogen-bond acceptors (Lipinski definition) is 3. The SMILES string of the molecule is CCC1C(=O)OOC1(C)C1CC1. The van der Waals surface area contributed by atoms with Crippen LogP contribution in [0.1, 0.15) is 33.1 Å². The number of carbonyl (C=O) groups is 1. The Morgan fingerprint density at radius 2 is 2.25 bits per heavy atom. The van der Waals surface area contributed by atoms with Crippen molar-refractivity contribution in [3.8, 4) is 0 Å². The second kappa shape index (κ2) is 2.46. The fourth-order valence-electron chi connectivity index (χ4n) is 2.06. The van der Waals surface area contributed by atoms with Gasteiger partial charge in [-0.05, 0) is 32.1 Å². The molecule has 0 aromatic carbocycles. The smallest absolute Gasteiger partial charge is 0.297 e. The predicted octanol–water partition coefficient (Wildman–Crippen LogP) is 1.67. The van der Waals surface area contributed by atoms with Gasteiger partial charge >= 0.3 is 5.97 Å². The maximum absolute atomic E-state index is 11.2. The highest BCUT2D eigenvalue weighted by atomic mass is 17.2. The van der Waals surface area contributed by atoms with Gasteiger partial charge in [0.1, 0.15) is 5.60 Å². The molecule has 68 valence electrons. The molecule has 2 rings (SSSR count). The molecule has 1 aliphatic heterocycles. The molecule has 1 heterocycles. The molecule has 2 unspecified atom stereocenters. The van der Waals surface area contributed by atoms with Crippen molar-refractivity contribution >= 4 is 5.97 Å². The summed E-state index contributed by atoms with van der Waals surface area (Å²) < 4.78 is 0. The third-order valence-electron chi connectivity index (χ3n) is 3.08. The molecular formula is C9H14O3. The first-order valence-corrected chi connectivity index (χ1v) is 4.58. The first-order valence-electron chi connectivity index (χ1n) is 4.58. The second-order valence-corrected chi connectivity index (χ2v) is 3.90. The van der Waals surface area contributed by atoms with E-state index in [0.717, 1.165) is 6.42 Å². The van der Waals surface area contributed by atoms with Crippen LogP contribution >= 0.6 is 0 Å². The van der Waals surface area contributed by atoms with Crippen molar-refractivity contribution in [1.29, 1.82) is 0 Å². The minimum Gasteiger partial charge on any atom is -0.297 e. The fourth-order valence-corrected chi connectivity index (χ4v) is 2.06. The monoisotopic (exact) mass is 170 g/mol. The van der Waals surface area contributed by atoms with Crippen LogP contribution in [0.2, 0.25) is 0 Å². The van der Waals surface area contributed by atoms with E-state index in [0.29, 0.717) is 5.92 Å². The number of hydrogen-bond donors (Lipinski definition) is 0. The Bertz CT molecular complexity index is 210. The van der Waals surface area contributed by atoms with Crippen molar-refractivity contribution in [2.75, 3.05) is 0 Å². The molecule has 0 bridgehead atoms. The molecule has 2 atom stereocenters. The molecule has 0 spiro atoms. The molecule has 3 nitrogen and oxygen atoms in total. The molecule has 1 saturated carbocycles. The van der Waals surface area contributed by atoms with Crippen molar-refractivity contribution < 1.29 is 14.6 Å². The fraction of sp³-hybridized carbons (Fsp3) is 0.889. The molecule has 0 radical (unpaired) electrons. The molecule has 1 aliphatic carbocycles. The molecule has 0 amide bonds. The Morgan fingerprint density at radius 3 is 2.75 bits per heavy atom. The van der Waals surface area contributed by atoms with E-state index in [9.17, 15) is 4.79 Å². The van der Waals surface area contributed by atoms with Gasteiger partial charge in [-0.1, -0.05) is 6.92 Å². The van der Waals surface area contributed by atoms with Gasteiger partial charge in [-0.3, -0.25) is 4.89 Å². The van der Waals surface area contributed by atoms with Gasteiger partial charge in [-0.25, -0.2) is 4.79 Å². The van der Waals surface area contributed by atoms with Crippen LogP contribution in [0, 0.1) is 11.8 Å². The average Bonchev–Trinajstić information content (AvgIpc) is 2.81. The van der Waals surface area contributed by atoms with Crippen LogP contribution < -0.4 is 0 Å². The standard InChI is InChI=1S/C9H14O3/c1-3-7-8(10)11-12-9(7,2)6-4-5-6/h6-7H,3-5H2,1-2H3. The van der Waals surface area contributed by atoms with Crippen molar-refractivity contribution in [3.63, 3.8) is 0 Å². The van der Waals surface area contributed by atoms with Crippen LogP contribution in [0.3, 0.4) is 0 Å². The normalized spacial score (nSPS) is 41.5. The highest BCUT2D eigenvalue weighted by molar-refractivity contribution is 5.74. The first kappa shape index (κ1) is 8.05. The Kier molecular flexibility index (Phi) is 1.65. The highest BCUT2D eigenvalue weighted by Gasteiger charge is 2.56. The molecule has 0 aromatic heterocycles.